The molecular weight excluding hydrogens is 336 g/mol. The first-order chi connectivity index (χ1) is 13.0. The first kappa shape index (κ1) is 18.0. The zero-order chi connectivity index (χ0) is 19.1. The van der Waals surface area contributed by atoms with Gasteiger partial charge in [-0.15, -0.1) is 0 Å². The molecule has 4 rings (SSSR count). The summed E-state index contributed by atoms with van der Waals surface area (Å²) in [7, 11) is 1.84. The number of fused-ring (bicyclic) bond motifs is 3. The molecule has 0 amide bonds. The maximum atomic E-state index is 12.9. The summed E-state index contributed by atoms with van der Waals surface area (Å²) in [5.74, 6) is 2.23. The van der Waals surface area contributed by atoms with Crippen LogP contribution >= 0.6 is 0 Å². The molecule has 4 heteroatoms. The van der Waals surface area contributed by atoms with Crippen LogP contribution in [0, 0.1) is 12.8 Å². The molecule has 27 heavy (non-hydrogen) atoms. The Bertz CT molecular complexity index is 1060. The summed E-state index contributed by atoms with van der Waals surface area (Å²) in [4.78, 5) is 17.3. The fraction of sp³-hybridized carbons (Fsp3) is 0.478. The lowest BCUT2D eigenvalue weighted by Crippen LogP contribution is -2.19. The molecule has 1 aliphatic rings. The largest absolute Gasteiger partial charge is 0.493 e. The van der Waals surface area contributed by atoms with Gasteiger partial charge in [0, 0.05) is 24.7 Å². The zero-order valence-corrected chi connectivity index (χ0v) is 16.7. The predicted molar refractivity (Wildman–Crippen MR) is 111 cm³/mol. The van der Waals surface area contributed by atoms with Gasteiger partial charge in [0.1, 0.15) is 5.75 Å². The maximum absolute atomic E-state index is 12.9. The monoisotopic (exact) mass is 364 g/mol. The van der Waals surface area contributed by atoms with Crippen LogP contribution in [0.5, 0.6) is 5.75 Å². The van der Waals surface area contributed by atoms with Crippen molar-refractivity contribution in [3.05, 3.63) is 46.0 Å². The molecule has 3 aromatic rings. The lowest BCUT2D eigenvalue weighted by molar-refractivity contribution is 0.295. The summed E-state index contributed by atoms with van der Waals surface area (Å²) in [6.07, 6.45) is 6.46. The number of pyridine rings is 2. The summed E-state index contributed by atoms with van der Waals surface area (Å²) >= 11 is 0. The van der Waals surface area contributed by atoms with E-state index in [1.165, 1.54) is 24.8 Å². The summed E-state index contributed by atoms with van der Waals surface area (Å²) in [5, 5.41) is 2.84. The number of aromatic nitrogens is 2. The van der Waals surface area contributed by atoms with Gasteiger partial charge < -0.3 is 9.30 Å². The number of hydrogen-bond donors (Lipinski definition) is 0. The van der Waals surface area contributed by atoms with Crippen LogP contribution in [0.25, 0.3) is 21.7 Å². The van der Waals surface area contributed by atoms with Crippen molar-refractivity contribution in [2.75, 3.05) is 6.61 Å². The molecule has 0 spiro atoms. The average molecular weight is 364 g/mol. The molecule has 0 radical (unpaired) electrons. The van der Waals surface area contributed by atoms with Crippen LogP contribution in [0.2, 0.25) is 0 Å². The van der Waals surface area contributed by atoms with Gasteiger partial charge in [0.2, 0.25) is 0 Å². The van der Waals surface area contributed by atoms with E-state index in [0.29, 0.717) is 11.8 Å². The lowest BCUT2D eigenvalue weighted by Gasteiger charge is -2.16. The van der Waals surface area contributed by atoms with Crippen LogP contribution in [0.15, 0.2) is 29.2 Å². The van der Waals surface area contributed by atoms with Gasteiger partial charge in [0.15, 0.2) is 0 Å². The zero-order valence-electron chi connectivity index (χ0n) is 16.7. The topological polar surface area (TPSA) is 44.1 Å². The average Bonchev–Trinajstić information content (AvgIpc) is 3.47. The van der Waals surface area contributed by atoms with Crippen LogP contribution < -0.4 is 10.3 Å². The van der Waals surface area contributed by atoms with Crippen molar-refractivity contribution in [1.29, 1.82) is 0 Å². The van der Waals surface area contributed by atoms with Gasteiger partial charge in [-0.05, 0) is 67.5 Å². The Labute approximate surface area is 160 Å². The Kier molecular flexibility index (Phi) is 4.67. The molecule has 1 fully saturated rings. The van der Waals surface area contributed by atoms with Gasteiger partial charge in [0.05, 0.1) is 23.2 Å². The van der Waals surface area contributed by atoms with Gasteiger partial charge in [-0.2, -0.15) is 0 Å². The number of ether oxygens (including phenoxy) is 1. The van der Waals surface area contributed by atoms with E-state index < -0.39 is 0 Å². The van der Waals surface area contributed by atoms with Crippen molar-refractivity contribution in [2.45, 2.75) is 52.4 Å². The first-order valence-corrected chi connectivity index (χ1v) is 10.0. The third-order valence-electron chi connectivity index (χ3n) is 5.64. The second-order valence-electron chi connectivity index (χ2n) is 8.25. The molecule has 2 heterocycles. The van der Waals surface area contributed by atoms with Crippen LogP contribution in [0.4, 0.5) is 0 Å². The molecule has 0 atom stereocenters. The first-order valence-electron chi connectivity index (χ1n) is 10.0. The fourth-order valence-electron chi connectivity index (χ4n) is 3.93. The van der Waals surface area contributed by atoms with E-state index in [9.17, 15) is 4.79 Å². The van der Waals surface area contributed by atoms with Crippen LogP contribution in [-0.4, -0.2) is 16.2 Å². The molecule has 0 bridgehead atoms. The Morgan fingerprint density at radius 3 is 2.74 bits per heavy atom. The Balaban J connectivity index is 1.85. The van der Waals surface area contributed by atoms with Gasteiger partial charge in [-0.3, -0.25) is 9.78 Å². The summed E-state index contributed by atoms with van der Waals surface area (Å²) in [6.45, 7) is 7.12. The van der Waals surface area contributed by atoms with Crippen LogP contribution in [-0.2, 0) is 7.05 Å². The van der Waals surface area contributed by atoms with Crippen molar-refractivity contribution in [1.82, 2.24) is 9.55 Å². The molecule has 4 nitrogen and oxygen atoms in total. The minimum Gasteiger partial charge on any atom is -0.493 e. The standard InChI is InChI=1S/C23H28N2O2/c1-14(2)6-5-11-27-21-13-20-19(12-18(21)16-7-8-16)17-9-10-24-15(3)22(17)23(26)25(20)4/h9-10,12-14,16H,5-8,11H2,1-4H3. The van der Waals surface area contributed by atoms with E-state index in [0.717, 1.165) is 46.1 Å². The molecule has 0 N–H and O–H groups in total. The van der Waals surface area contributed by atoms with Gasteiger partial charge in [-0.25, -0.2) is 0 Å². The molecule has 0 aliphatic heterocycles. The number of rotatable bonds is 6. The van der Waals surface area contributed by atoms with E-state index in [1.807, 2.05) is 20.0 Å². The molecule has 142 valence electrons. The molecule has 1 saturated carbocycles. The van der Waals surface area contributed by atoms with Crippen molar-refractivity contribution in [3.63, 3.8) is 0 Å². The van der Waals surface area contributed by atoms with E-state index >= 15 is 0 Å². The van der Waals surface area contributed by atoms with Gasteiger partial charge in [0.25, 0.3) is 5.56 Å². The highest BCUT2D eigenvalue weighted by atomic mass is 16.5. The Morgan fingerprint density at radius 2 is 2.04 bits per heavy atom. The van der Waals surface area contributed by atoms with E-state index in [2.05, 4.69) is 31.0 Å². The maximum Gasteiger partial charge on any atom is 0.260 e. The summed E-state index contributed by atoms with van der Waals surface area (Å²) in [5.41, 5.74) is 3.02. The second kappa shape index (κ2) is 6.99. The highest BCUT2D eigenvalue weighted by Crippen LogP contribution is 2.46. The Hall–Kier alpha value is -2.36. The summed E-state index contributed by atoms with van der Waals surface area (Å²) in [6, 6.07) is 6.30. The minimum atomic E-state index is 0.00743. The molecule has 2 aromatic heterocycles. The van der Waals surface area contributed by atoms with Gasteiger partial charge >= 0.3 is 0 Å². The fourth-order valence-corrected chi connectivity index (χ4v) is 3.93. The third kappa shape index (κ3) is 3.33. The van der Waals surface area contributed by atoms with Crippen molar-refractivity contribution in [2.24, 2.45) is 13.0 Å². The molecule has 0 saturated heterocycles. The number of aryl methyl sites for hydroxylation is 2. The van der Waals surface area contributed by atoms with Crippen molar-refractivity contribution in [3.8, 4) is 5.75 Å². The van der Waals surface area contributed by atoms with E-state index in [-0.39, 0.29) is 5.56 Å². The van der Waals surface area contributed by atoms with Crippen molar-refractivity contribution < 1.29 is 4.74 Å². The molecule has 0 unspecified atom stereocenters. The van der Waals surface area contributed by atoms with E-state index in [4.69, 9.17) is 4.74 Å². The van der Waals surface area contributed by atoms with E-state index in [1.54, 1.807) is 10.8 Å². The van der Waals surface area contributed by atoms with Crippen LogP contribution in [0.3, 0.4) is 0 Å². The molecule has 1 aliphatic carbocycles. The van der Waals surface area contributed by atoms with Crippen LogP contribution in [0.1, 0.15) is 56.7 Å². The highest BCUT2D eigenvalue weighted by Gasteiger charge is 2.28. The summed E-state index contributed by atoms with van der Waals surface area (Å²) < 4.78 is 7.94. The third-order valence-corrected chi connectivity index (χ3v) is 5.64. The lowest BCUT2D eigenvalue weighted by atomic mass is 10.0. The highest BCUT2D eigenvalue weighted by molar-refractivity contribution is 6.07. The number of hydrogen-bond acceptors (Lipinski definition) is 3. The number of nitrogens with zero attached hydrogens (tertiary/aromatic N) is 2. The smallest absolute Gasteiger partial charge is 0.260 e. The SMILES string of the molecule is Cc1nccc2c1c(=O)n(C)c1cc(OCCCC(C)C)c(C3CC3)cc21. The van der Waals surface area contributed by atoms with Gasteiger partial charge in [-0.1, -0.05) is 13.8 Å². The predicted octanol–water partition coefficient (Wildman–Crippen LogP) is 5.09. The normalized spacial score (nSPS) is 14.4. The number of benzene rings is 1. The molecular formula is C23H28N2O2. The quantitative estimate of drug-likeness (QED) is 0.452. The van der Waals surface area contributed by atoms with Crippen molar-refractivity contribution >= 4 is 21.7 Å². The minimum absolute atomic E-state index is 0.00743. The Morgan fingerprint density at radius 1 is 1.26 bits per heavy atom. The molecule has 1 aromatic carbocycles. The second-order valence-corrected chi connectivity index (χ2v) is 8.25.